The topological polar surface area (TPSA) is 66.6 Å². The molecule has 5 nitrogen and oxygen atoms in total. The van der Waals surface area contributed by atoms with E-state index in [1.165, 1.54) is 30.0 Å². The van der Waals surface area contributed by atoms with Gasteiger partial charge in [-0.2, -0.15) is 0 Å². The zero-order valence-corrected chi connectivity index (χ0v) is 11.7. The van der Waals surface area contributed by atoms with E-state index >= 15 is 0 Å². The highest BCUT2D eigenvalue weighted by atomic mass is 19.1. The van der Waals surface area contributed by atoms with Gasteiger partial charge in [-0.15, -0.1) is 0 Å². The summed E-state index contributed by atoms with van der Waals surface area (Å²) in [5.41, 5.74) is 0.756. The fraction of sp³-hybridized carbons (Fsp3) is 0.200. The van der Waals surface area contributed by atoms with E-state index in [0.29, 0.717) is 5.56 Å². The lowest BCUT2D eigenvalue weighted by Gasteiger charge is -2.20. The van der Waals surface area contributed by atoms with Gasteiger partial charge in [-0.3, -0.25) is 10.1 Å². The van der Waals surface area contributed by atoms with Crippen LogP contribution in [0.25, 0.3) is 0 Å². The maximum absolute atomic E-state index is 13.8. The first-order chi connectivity index (χ1) is 9.91. The molecule has 0 radical (unpaired) electrons. The Morgan fingerprint density at radius 2 is 1.90 bits per heavy atom. The van der Waals surface area contributed by atoms with E-state index in [2.05, 4.69) is 0 Å². The third-order valence-electron chi connectivity index (χ3n) is 3.25. The van der Waals surface area contributed by atoms with Crippen molar-refractivity contribution in [3.63, 3.8) is 0 Å². The maximum Gasteiger partial charge on any atom is 0.293 e. The Labute approximate surface area is 121 Å². The number of hydrogen-bond donors (Lipinski definition) is 1. The second-order valence-corrected chi connectivity index (χ2v) is 4.69. The van der Waals surface area contributed by atoms with Crippen molar-refractivity contribution in [1.82, 2.24) is 0 Å². The second kappa shape index (κ2) is 5.88. The van der Waals surface area contributed by atoms with E-state index in [4.69, 9.17) is 0 Å². The van der Waals surface area contributed by atoms with Crippen LogP contribution in [0.5, 0.6) is 0 Å². The van der Waals surface area contributed by atoms with Crippen molar-refractivity contribution in [2.24, 2.45) is 0 Å². The first-order valence-electron chi connectivity index (χ1n) is 6.36. The number of benzene rings is 2. The van der Waals surface area contributed by atoms with Gasteiger partial charge < -0.3 is 10.0 Å². The highest BCUT2D eigenvalue weighted by molar-refractivity contribution is 5.72. The molecule has 0 spiro atoms. The first kappa shape index (κ1) is 14.9. The van der Waals surface area contributed by atoms with Crippen LogP contribution in [-0.4, -0.2) is 17.1 Å². The zero-order chi connectivity index (χ0) is 15.6. The zero-order valence-electron chi connectivity index (χ0n) is 11.7. The Kier molecular flexibility index (Phi) is 4.18. The third kappa shape index (κ3) is 3.00. The van der Waals surface area contributed by atoms with Gasteiger partial charge in [0, 0.05) is 13.1 Å². The Morgan fingerprint density at radius 3 is 2.48 bits per heavy atom. The van der Waals surface area contributed by atoms with Gasteiger partial charge in [0.15, 0.2) is 0 Å². The fourth-order valence-corrected chi connectivity index (χ4v) is 2.08. The second-order valence-electron chi connectivity index (χ2n) is 4.69. The van der Waals surface area contributed by atoms with E-state index < -0.39 is 16.8 Å². The molecule has 110 valence electrons. The normalized spacial score (nSPS) is 12.0. The molecule has 0 aromatic heterocycles. The number of nitrogens with zero attached hydrogens (tertiary/aromatic N) is 2. The predicted octanol–water partition coefficient (Wildman–Crippen LogP) is 3.56. The molecule has 0 saturated heterocycles. The van der Waals surface area contributed by atoms with Gasteiger partial charge in [0.25, 0.3) is 5.69 Å². The average molecular weight is 290 g/mol. The lowest BCUT2D eigenvalue weighted by Crippen LogP contribution is -2.13. The van der Waals surface area contributed by atoms with Crippen LogP contribution in [0.2, 0.25) is 0 Å². The summed E-state index contributed by atoms with van der Waals surface area (Å²) < 4.78 is 13.8. The van der Waals surface area contributed by atoms with Crippen LogP contribution in [0, 0.1) is 15.9 Å². The molecule has 0 fully saturated rings. The number of hydrogen-bond acceptors (Lipinski definition) is 4. The van der Waals surface area contributed by atoms with Crippen LogP contribution in [0.1, 0.15) is 18.6 Å². The highest BCUT2D eigenvalue weighted by Crippen LogP contribution is 2.35. The highest BCUT2D eigenvalue weighted by Gasteiger charge is 2.21. The van der Waals surface area contributed by atoms with Crippen molar-refractivity contribution < 1.29 is 14.4 Å². The molecule has 0 bridgehead atoms. The number of halogens is 1. The Balaban J connectivity index is 2.53. The minimum absolute atomic E-state index is 0.181. The average Bonchev–Trinajstić information content (AvgIpc) is 2.46. The van der Waals surface area contributed by atoms with E-state index in [1.807, 2.05) is 0 Å². The van der Waals surface area contributed by atoms with Crippen molar-refractivity contribution in [1.29, 1.82) is 0 Å². The monoisotopic (exact) mass is 290 g/mol. The standard InChI is InChI=1S/C15H15FN2O3/c1-10(19)11-7-8-14(15(9-11)18(20)21)17(2)13-6-4-3-5-12(13)16/h3-10,19H,1-2H3/t10-/m1/s1. The molecule has 0 aliphatic heterocycles. The summed E-state index contributed by atoms with van der Waals surface area (Å²) in [7, 11) is 1.56. The number of nitro benzene ring substituents is 1. The predicted molar refractivity (Wildman–Crippen MR) is 78.2 cm³/mol. The summed E-state index contributed by atoms with van der Waals surface area (Å²) in [5.74, 6) is -0.464. The van der Waals surface area contributed by atoms with Gasteiger partial charge in [0.1, 0.15) is 11.5 Å². The summed E-state index contributed by atoms with van der Waals surface area (Å²) in [6, 6.07) is 10.4. The van der Waals surface area contributed by atoms with Gasteiger partial charge in [0.2, 0.25) is 0 Å². The largest absolute Gasteiger partial charge is 0.389 e. The van der Waals surface area contributed by atoms with E-state index in [1.54, 1.807) is 31.3 Å². The van der Waals surface area contributed by atoms with Crippen molar-refractivity contribution >= 4 is 17.1 Å². The summed E-state index contributed by atoms with van der Waals surface area (Å²) in [4.78, 5) is 12.1. The lowest BCUT2D eigenvalue weighted by molar-refractivity contribution is -0.384. The van der Waals surface area contributed by atoms with Gasteiger partial charge in [0.05, 0.1) is 16.7 Å². The summed E-state index contributed by atoms with van der Waals surface area (Å²) in [5, 5.41) is 20.7. The minimum atomic E-state index is -0.809. The van der Waals surface area contributed by atoms with Gasteiger partial charge in [-0.25, -0.2) is 4.39 Å². The molecule has 2 rings (SSSR count). The Bertz CT molecular complexity index is 674. The van der Waals surface area contributed by atoms with Crippen LogP contribution in [0.15, 0.2) is 42.5 Å². The lowest BCUT2D eigenvalue weighted by atomic mass is 10.1. The van der Waals surface area contributed by atoms with E-state index in [-0.39, 0.29) is 17.1 Å². The summed E-state index contributed by atoms with van der Waals surface area (Å²) >= 11 is 0. The van der Waals surface area contributed by atoms with E-state index in [9.17, 15) is 19.6 Å². The molecule has 0 aliphatic carbocycles. The fourth-order valence-electron chi connectivity index (χ4n) is 2.08. The molecular formula is C15H15FN2O3. The van der Waals surface area contributed by atoms with Crippen molar-refractivity contribution in [3.8, 4) is 0 Å². The quantitative estimate of drug-likeness (QED) is 0.690. The molecule has 2 aromatic carbocycles. The van der Waals surface area contributed by atoms with Crippen molar-refractivity contribution in [2.75, 3.05) is 11.9 Å². The SMILES string of the molecule is C[C@@H](O)c1ccc(N(C)c2ccccc2F)c([N+](=O)[O-])c1. The van der Waals surface area contributed by atoms with Crippen LogP contribution in [0.3, 0.4) is 0 Å². The molecule has 0 amide bonds. The maximum atomic E-state index is 13.8. The van der Waals surface area contributed by atoms with Crippen LogP contribution >= 0.6 is 0 Å². The number of para-hydroxylation sites is 1. The van der Waals surface area contributed by atoms with Crippen LogP contribution in [-0.2, 0) is 0 Å². The van der Waals surface area contributed by atoms with Gasteiger partial charge >= 0.3 is 0 Å². The number of rotatable bonds is 4. The molecule has 0 saturated carbocycles. The molecular weight excluding hydrogens is 275 g/mol. The molecule has 0 unspecified atom stereocenters. The van der Waals surface area contributed by atoms with Gasteiger partial charge in [-0.05, 0) is 30.7 Å². The molecule has 2 aromatic rings. The van der Waals surface area contributed by atoms with Gasteiger partial charge in [-0.1, -0.05) is 18.2 Å². The van der Waals surface area contributed by atoms with E-state index in [0.717, 1.165) is 0 Å². The number of aliphatic hydroxyl groups is 1. The number of aliphatic hydroxyl groups excluding tert-OH is 1. The number of anilines is 2. The molecule has 0 heterocycles. The Hall–Kier alpha value is -2.47. The summed E-state index contributed by atoms with van der Waals surface area (Å²) in [6.07, 6.45) is -0.809. The van der Waals surface area contributed by atoms with Crippen LogP contribution < -0.4 is 4.90 Å². The smallest absolute Gasteiger partial charge is 0.293 e. The van der Waals surface area contributed by atoms with Crippen molar-refractivity contribution in [2.45, 2.75) is 13.0 Å². The number of nitro groups is 1. The Morgan fingerprint density at radius 1 is 1.24 bits per heavy atom. The molecule has 21 heavy (non-hydrogen) atoms. The third-order valence-corrected chi connectivity index (χ3v) is 3.25. The first-order valence-corrected chi connectivity index (χ1v) is 6.36. The minimum Gasteiger partial charge on any atom is -0.389 e. The molecule has 1 atom stereocenters. The molecule has 6 heteroatoms. The van der Waals surface area contributed by atoms with Crippen molar-refractivity contribution in [3.05, 3.63) is 64.0 Å². The van der Waals surface area contributed by atoms with Crippen LogP contribution in [0.4, 0.5) is 21.5 Å². The molecule has 1 N–H and O–H groups in total. The molecule has 0 aliphatic rings. The summed E-state index contributed by atoms with van der Waals surface area (Å²) in [6.45, 7) is 1.53.